The predicted molar refractivity (Wildman–Crippen MR) is 95.7 cm³/mol. The lowest BCUT2D eigenvalue weighted by atomic mass is 10.3. The molecule has 2 heterocycles. The van der Waals surface area contributed by atoms with Gasteiger partial charge in [0, 0.05) is 43.1 Å². The summed E-state index contributed by atoms with van der Waals surface area (Å²) in [6, 6.07) is 13.6. The minimum Gasteiger partial charge on any atom is -0.353 e. The van der Waals surface area contributed by atoms with Crippen LogP contribution in [0.4, 0.5) is 11.5 Å². The molecule has 0 saturated carbocycles. The number of pyridine rings is 1. The van der Waals surface area contributed by atoms with E-state index in [0.29, 0.717) is 0 Å². The highest BCUT2D eigenvalue weighted by Crippen LogP contribution is 2.16. The first-order chi connectivity index (χ1) is 10.7. The molecule has 0 unspecified atom stereocenters. The second kappa shape index (κ2) is 6.94. The second-order valence-corrected chi connectivity index (χ2v) is 5.92. The minimum absolute atomic E-state index is 0.723. The largest absolute Gasteiger partial charge is 0.353 e. The van der Waals surface area contributed by atoms with E-state index >= 15 is 0 Å². The number of hydrogen-bond donors (Lipinski definition) is 1. The summed E-state index contributed by atoms with van der Waals surface area (Å²) in [4.78, 5) is 8.86. The fourth-order valence-corrected chi connectivity index (χ4v) is 2.84. The summed E-state index contributed by atoms with van der Waals surface area (Å²) in [5.41, 5.74) is 0.960. The molecule has 0 radical (unpaired) electrons. The Morgan fingerprint density at radius 3 is 2.41 bits per heavy atom. The van der Waals surface area contributed by atoms with Gasteiger partial charge in [-0.3, -0.25) is 0 Å². The van der Waals surface area contributed by atoms with Crippen LogP contribution >= 0.6 is 23.8 Å². The highest BCUT2D eigenvalue weighted by Gasteiger charge is 2.19. The molecule has 6 heteroatoms. The maximum atomic E-state index is 5.89. The number of rotatable bonds is 2. The Bertz CT molecular complexity index is 624. The smallest absolute Gasteiger partial charge is 0.173 e. The number of nitrogens with zero attached hydrogens (tertiary/aromatic N) is 3. The van der Waals surface area contributed by atoms with Gasteiger partial charge in [0.2, 0.25) is 0 Å². The van der Waals surface area contributed by atoms with Crippen molar-refractivity contribution in [1.29, 1.82) is 0 Å². The van der Waals surface area contributed by atoms with E-state index in [2.05, 4.69) is 20.1 Å². The van der Waals surface area contributed by atoms with Gasteiger partial charge in [-0.05, 0) is 48.6 Å². The first kappa shape index (κ1) is 15.1. The van der Waals surface area contributed by atoms with Crippen molar-refractivity contribution in [3.05, 3.63) is 53.7 Å². The summed E-state index contributed by atoms with van der Waals surface area (Å²) in [5.74, 6) is 1.03. The van der Waals surface area contributed by atoms with E-state index in [-0.39, 0.29) is 0 Å². The highest BCUT2D eigenvalue weighted by atomic mass is 35.5. The van der Waals surface area contributed by atoms with E-state index in [1.165, 1.54) is 0 Å². The van der Waals surface area contributed by atoms with Crippen molar-refractivity contribution in [2.45, 2.75) is 0 Å². The zero-order chi connectivity index (χ0) is 15.4. The molecular formula is C16H17ClN4S. The van der Waals surface area contributed by atoms with Gasteiger partial charge in [0.15, 0.2) is 5.11 Å². The number of benzene rings is 1. The van der Waals surface area contributed by atoms with Crippen molar-refractivity contribution in [2.75, 3.05) is 36.4 Å². The average Bonchev–Trinajstić information content (AvgIpc) is 2.58. The monoisotopic (exact) mass is 332 g/mol. The zero-order valence-electron chi connectivity index (χ0n) is 12.1. The van der Waals surface area contributed by atoms with E-state index < -0.39 is 0 Å². The Hall–Kier alpha value is -1.85. The summed E-state index contributed by atoms with van der Waals surface area (Å²) in [6.07, 6.45) is 1.83. The first-order valence-electron chi connectivity index (χ1n) is 7.20. The molecule has 2 aromatic rings. The molecule has 0 spiro atoms. The quantitative estimate of drug-likeness (QED) is 0.853. The van der Waals surface area contributed by atoms with Gasteiger partial charge in [-0.25, -0.2) is 4.98 Å². The van der Waals surface area contributed by atoms with Crippen LogP contribution in [0.15, 0.2) is 48.7 Å². The molecule has 0 aliphatic carbocycles. The Kier molecular flexibility index (Phi) is 4.75. The number of thiocarbonyl (C=S) groups is 1. The number of aromatic nitrogens is 1. The number of anilines is 2. The summed E-state index contributed by atoms with van der Waals surface area (Å²) < 4.78 is 0. The van der Waals surface area contributed by atoms with Crippen LogP contribution < -0.4 is 10.2 Å². The molecule has 1 aliphatic rings. The van der Waals surface area contributed by atoms with Crippen molar-refractivity contribution in [3.8, 4) is 0 Å². The van der Waals surface area contributed by atoms with Crippen LogP contribution in [-0.4, -0.2) is 41.2 Å². The predicted octanol–water partition coefficient (Wildman–Crippen LogP) is 3.25. The Balaban J connectivity index is 1.54. The van der Waals surface area contributed by atoms with E-state index in [1.54, 1.807) is 0 Å². The van der Waals surface area contributed by atoms with Gasteiger partial charge < -0.3 is 15.1 Å². The third-order valence-corrected chi connectivity index (χ3v) is 4.25. The molecule has 1 N–H and O–H groups in total. The van der Waals surface area contributed by atoms with Crippen molar-refractivity contribution in [1.82, 2.24) is 9.88 Å². The SMILES string of the molecule is S=C(Nc1ccc(Cl)cc1)N1CCN(c2ccccn2)CC1. The fourth-order valence-electron chi connectivity index (χ4n) is 2.42. The standard InChI is InChI=1S/C16H17ClN4S/c17-13-4-6-14(7-5-13)19-16(22)21-11-9-20(10-12-21)15-3-1-2-8-18-15/h1-8H,9-12H2,(H,19,22). The van der Waals surface area contributed by atoms with Crippen LogP contribution in [0.25, 0.3) is 0 Å². The van der Waals surface area contributed by atoms with Gasteiger partial charge in [0.05, 0.1) is 0 Å². The molecule has 1 aromatic carbocycles. The normalized spacial score (nSPS) is 14.8. The second-order valence-electron chi connectivity index (χ2n) is 5.10. The Morgan fingerprint density at radius 1 is 1.05 bits per heavy atom. The van der Waals surface area contributed by atoms with Crippen LogP contribution in [0, 0.1) is 0 Å². The van der Waals surface area contributed by atoms with E-state index in [0.717, 1.165) is 47.8 Å². The maximum absolute atomic E-state index is 5.89. The average molecular weight is 333 g/mol. The van der Waals surface area contributed by atoms with Crippen molar-refractivity contribution in [2.24, 2.45) is 0 Å². The van der Waals surface area contributed by atoms with E-state index in [1.807, 2.05) is 48.7 Å². The van der Waals surface area contributed by atoms with Crippen LogP contribution in [0.1, 0.15) is 0 Å². The van der Waals surface area contributed by atoms with Gasteiger partial charge >= 0.3 is 0 Å². The van der Waals surface area contributed by atoms with Crippen molar-refractivity contribution < 1.29 is 0 Å². The Morgan fingerprint density at radius 2 is 1.77 bits per heavy atom. The van der Waals surface area contributed by atoms with Crippen molar-refractivity contribution >= 4 is 40.4 Å². The number of halogens is 1. The zero-order valence-corrected chi connectivity index (χ0v) is 13.6. The Labute approximate surface area is 140 Å². The van der Waals surface area contributed by atoms with Gasteiger partial charge in [-0.15, -0.1) is 0 Å². The maximum Gasteiger partial charge on any atom is 0.173 e. The van der Waals surface area contributed by atoms with Crippen LogP contribution in [0.5, 0.6) is 0 Å². The third kappa shape index (κ3) is 3.67. The van der Waals surface area contributed by atoms with E-state index in [9.17, 15) is 0 Å². The van der Waals surface area contributed by atoms with Gasteiger partial charge in [0.25, 0.3) is 0 Å². The molecule has 22 heavy (non-hydrogen) atoms. The number of piperazine rings is 1. The molecule has 1 saturated heterocycles. The van der Waals surface area contributed by atoms with Gasteiger partial charge in [-0.2, -0.15) is 0 Å². The lowest BCUT2D eigenvalue weighted by Gasteiger charge is -2.36. The van der Waals surface area contributed by atoms with Gasteiger partial charge in [0.1, 0.15) is 5.82 Å². The molecule has 1 fully saturated rings. The first-order valence-corrected chi connectivity index (χ1v) is 7.98. The summed E-state index contributed by atoms with van der Waals surface area (Å²) >= 11 is 11.4. The molecule has 3 rings (SSSR count). The molecule has 114 valence electrons. The molecule has 0 bridgehead atoms. The van der Waals surface area contributed by atoms with Crippen molar-refractivity contribution in [3.63, 3.8) is 0 Å². The molecule has 4 nitrogen and oxygen atoms in total. The summed E-state index contributed by atoms with van der Waals surface area (Å²) in [7, 11) is 0. The molecule has 1 aromatic heterocycles. The van der Waals surface area contributed by atoms with E-state index in [4.69, 9.17) is 23.8 Å². The fraction of sp³-hybridized carbons (Fsp3) is 0.250. The number of nitrogens with one attached hydrogen (secondary N) is 1. The minimum atomic E-state index is 0.723. The molecule has 1 aliphatic heterocycles. The molecule has 0 atom stereocenters. The molecular weight excluding hydrogens is 316 g/mol. The highest BCUT2D eigenvalue weighted by molar-refractivity contribution is 7.80. The molecule has 0 amide bonds. The number of hydrogen-bond acceptors (Lipinski definition) is 3. The van der Waals surface area contributed by atoms with Gasteiger partial charge in [-0.1, -0.05) is 17.7 Å². The lowest BCUT2D eigenvalue weighted by molar-refractivity contribution is 0.389. The summed E-state index contributed by atoms with van der Waals surface area (Å²) in [5, 5.41) is 4.73. The topological polar surface area (TPSA) is 31.4 Å². The van der Waals surface area contributed by atoms with Crippen LogP contribution in [0.2, 0.25) is 5.02 Å². The lowest BCUT2D eigenvalue weighted by Crippen LogP contribution is -2.50. The van der Waals surface area contributed by atoms with Crippen LogP contribution in [0.3, 0.4) is 0 Å². The third-order valence-electron chi connectivity index (χ3n) is 3.64. The van der Waals surface area contributed by atoms with Crippen LogP contribution in [-0.2, 0) is 0 Å². The summed E-state index contributed by atoms with van der Waals surface area (Å²) in [6.45, 7) is 3.60.